The van der Waals surface area contributed by atoms with E-state index in [1.165, 1.54) is 11.3 Å². The Kier molecular flexibility index (Phi) is 4.11. The van der Waals surface area contributed by atoms with Crippen molar-refractivity contribution in [1.29, 1.82) is 0 Å². The van der Waals surface area contributed by atoms with Gasteiger partial charge in [-0.1, -0.05) is 19.9 Å². The first-order valence-corrected chi connectivity index (χ1v) is 6.89. The summed E-state index contributed by atoms with van der Waals surface area (Å²) in [5, 5.41) is 8.22. The lowest BCUT2D eigenvalue weighted by Crippen LogP contribution is -2.14. The summed E-state index contributed by atoms with van der Waals surface area (Å²) in [5.41, 5.74) is 1.35. The third-order valence-corrected chi connectivity index (χ3v) is 3.35. The molecule has 0 bridgehead atoms. The lowest BCUT2D eigenvalue weighted by molar-refractivity contribution is 0.102. The topological polar surface area (TPSA) is 66.9 Å². The van der Waals surface area contributed by atoms with Crippen molar-refractivity contribution >= 4 is 28.2 Å². The molecule has 1 amide bonds. The summed E-state index contributed by atoms with van der Waals surface area (Å²) in [7, 11) is 1.76. The Morgan fingerprint density at radius 3 is 2.74 bits per heavy atom. The van der Waals surface area contributed by atoms with E-state index in [0.29, 0.717) is 22.6 Å². The van der Waals surface area contributed by atoms with E-state index in [2.05, 4.69) is 34.4 Å². The summed E-state index contributed by atoms with van der Waals surface area (Å²) in [5.74, 6) is 0.768. The minimum absolute atomic E-state index is 0.248. The molecule has 0 saturated heterocycles. The van der Waals surface area contributed by atoms with Crippen molar-refractivity contribution in [2.24, 2.45) is 0 Å². The predicted molar refractivity (Wildman–Crippen MR) is 77.9 cm³/mol. The number of hydrogen-bond acceptors (Lipinski definition) is 5. The highest BCUT2D eigenvalue weighted by Crippen LogP contribution is 2.21. The molecule has 0 spiro atoms. The number of rotatable bonds is 4. The molecule has 0 fully saturated rings. The largest absolute Gasteiger partial charge is 0.373 e. The second-order valence-corrected chi connectivity index (χ2v) is 5.20. The molecule has 6 heteroatoms. The van der Waals surface area contributed by atoms with Crippen LogP contribution in [0.3, 0.4) is 0 Å². The lowest BCUT2D eigenvalue weighted by Gasteiger charge is -2.03. The molecule has 0 aliphatic carbocycles. The Balaban J connectivity index is 2.11. The number of thiazole rings is 1. The molecule has 5 nitrogen and oxygen atoms in total. The second-order valence-electron chi connectivity index (χ2n) is 4.34. The highest BCUT2D eigenvalue weighted by atomic mass is 32.1. The van der Waals surface area contributed by atoms with Crippen LogP contribution in [0.15, 0.2) is 23.6 Å². The van der Waals surface area contributed by atoms with Crippen molar-refractivity contribution in [1.82, 2.24) is 9.97 Å². The van der Waals surface area contributed by atoms with E-state index in [-0.39, 0.29) is 5.91 Å². The summed E-state index contributed by atoms with van der Waals surface area (Å²) in [4.78, 5) is 20.6. The number of hydrogen-bond donors (Lipinski definition) is 2. The molecule has 2 heterocycles. The van der Waals surface area contributed by atoms with Gasteiger partial charge in [-0.15, -0.1) is 11.3 Å². The summed E-state index contributed by atoms with van der Waals surface area (Å²) in [6.45, 7) is 4.14. The van der Waals surface area contributed by atoms with E-state index in [0.717, 1.165) is 5.69 Å². The summed E-state index contributed by atoms with van der Waals surface area (Å²) in [6, 6.07) is 5.26. The van der Waals surface area contributed by atoms with Crippen LogP contribution in [0.25, 0.3) is 0 Å². The highest BCUT2D eigenvalue weighted by molar-refractivity contribution is 7.14. The quantitative estimate of drug-likeness (QED) is 0.901. The van der Waals surface area contributed by atoms with Gasteiger partial charge >= 0.3 is 0 Å². The number of carbonyl (C=O) groups excluding carboxylic acids is 1. The van der Waals surface area contributed by atoms with E-state index in [1.807, 2.05) is 5.38 Å². The van der Waals surface area contributed by atoms with Crippen LogP contribution in [0.4, 0.5) is 10.9 Å². The number of aromatic nitrogens is 2. The maximum Gasteiger partial charge on any atom is 0.276 e. The second kappa shape index (κ2) is 5.79. The minimum Gasteiger partial charge on any atom is -0.373 e. The first-order valence-electron chi connectivity index (χ1n) is 6.01. The van der Waals surface area contributed by atoms with Crippen LogP contribution >= 0.6 is 11.3 Å². The normalized spacial score (nSPS) is 10.5. The fourth-order valence-electron chi connectivity index (χ4n) is 1.47. The molecule has 0 radical (unpaired) electrons. The van der Waals surface area contributed by atoms with Crippen molar-refractivity contribution in [3.8, 4) is 0 Å². The van der Waals surface area contributed by atoms with Crippen molar-refractivity contribution < 1.29 is 4.79 Å². The smallest absolute Gasteiger partial charge is 0.276 e. The fraction of sp³-hybridized carbons (Fsp3) is 0.308. The van der Waals surface area contributed by atoms with Gasteiger partial charge in [0.05, 0.1) is 5.69 Å². The maximum atomic E-state index is 12.0. The number of amides is 1. The third-order valence-electron chi connectivity index (χ3n) is 2.57. The van der Waals surface area contributed by atoms with Crippen LogP contribution in [0, 0.1) is 0 Å². The Labute approximate surface area is 116 Å². The zero-order valence-electron chi connectivity index (χ0n) is 11.1. The van der Waals surface area contributed by atoms with E-state index in [1.54, 1.807) is 25.2 Å². The van der Waals surface area contributed by atoms with Crippen molar-refractivity contribution in [3.63, 3.8) is 0 Å². The van der Waals surface area contributed by atoms with Gasteiger partial charge in [-0.3, -0.25) is 10.1 Å². The van der Waals surface area contributed by atoms with Crippen LogP contribution in [0.2, 0.25) is 0 Å². The average Bonchev–Trinajstić information content (AvgIpc) is 2.87. The van der Waals surface area contributed by atoms with E-state index >= 15 is 0 Å². The van der Waals surface area contributed by atoms with E-state index in [4.69, 9.17) is 0 Å². The van der Waals surface area contributed by atoms with Crippen molar-refractivity contribution in [2.75, 3.05) is 17.7 Å². The van der Waals surface area contributed by atoms with E-state index < -0.39 is 0 Å². The molecule has 2 N–H and O–H groups in total. The van der Waals surface area contributed by atoms with Crippen LogP contribution in [0.1, 0.15) is 35.9 Å². The molecule has 19 heavy (non-hydrogen) atoms. The van der Waals surface area contributed by atoms with Crippen LogP contribution in [-0.4, -0.2) is 22.9 Å². The van der Waals surface area contributed by atoms with Crippen LogP contribution in [-0.2, 0) is 0 Å². The molecule has 0 aliphatic heterocycles. The molecule has 2 aromatic rings. The maximum absolute atomic E-state index is 12.0. The Morgan fingerprint density at radius 1 is 1.32 bits per heavy atom. The molecule has 2 aromatic heterocycles. The van der Waals surface area contributed by atoms with E-state index in [9.17, 15) is 4.79 Å². The Hall–Kier alpha value is -1.95. The van der Waals surface area contributed by atoms with Crippen LogP contribution < -0.4 is 10.6 Å². The van der Waals surface area contributed by atoms with Crippen molar-refractivity contribution in [2.45, 2.75) is 19.8 Å². The minimum atomic E-state index is -0.248. The van der Waals surface area contributed by atoms with Gasteiger partial charge in [-0.25, -0.2) is 9.97 Å². The first kappa shape index (κ1) is 13.5. The molecule has 0 aliphatic rings. The van der Waals surface area contributed by atoms with Gasteiger partial charge in [-0.2, -0.15) is 0 Å². The number of anilines is 2. The molecule has 0 aromatic carbocycles. The molecule has 0 atom stereocenters. The summed E-state index contributed by atoms with van der Waals surface area (Å²) in [6.07, 6.45) is 0. The van der Waals surface area contributed by atoms with Gasteiger partial charge in [0.2, 0.25) is 0 Å². The van der Waals surface area contributed by atoms with Crippen LogP contribution in [0.5, 0.6) is 0 Å². The molecular formula is C13H16N4OS. The summed E-state index contributed by atoms with van der Waals surface area (Å²) >= 11 is 1.42. The van der Waals surface area contributed by atoms with Gasteiger partial charge in [0.1, 0.15) is 11.5 Å². The molecular weight excluding hydrogens is 260 g/mol. The zero-order valence-corrected chi connectivity index (χ0v) is 11.9. The SMILES string of the molecule is CNc1cccc(C(=O)Nc2nc(C(C)C)cs2)n1. The Bertz CT molecular complexity index is 580. The standard InChI is InChI=1S/C13H16N4OS/c1-8(2)10-7-19-13(16-10)17-12(18)9-5-4-6-11(14-3)15-9/h4-8H,1-3H3,(H,14,15)(H,16,17,18). The predicted octanol–water partition coefficient (Wildman–Crippen LogP) is 2.96. The monoisotopic (exact) mass is 276 g/mol. The number of carbonyl (C=O) groups is 1. The van der Waals surface area contributed by atoms with Gasteiger partial charge in [0, 0.05) is 12.4 Å². The number of nitrogens with one attached hydrogen (secondary N) is 2. The highest BCUT2D eigenvalue weighted by Gasteiger charge is 2.11. The molecule has 0 unspecified atom stereocenters. The average molecular weight is 276 g/mol. The van der Waals surface area contributed by atoms with Gasteiger partial charge in [0.25, 0.3) is 5.91 Å². The number of pyridine rings is 1. The molecule has 100 valence electrons. The summed E-state index contributed by atoms with van der Waals surface area (Å²) < 4.78 is 0. The lowest BCUT2D eigenvalue weighted by atomic mass is 10.2. The van der Waals surface area contributed by atoms with Gasteiger partial charge < -0.3 is 5.32 Å². The third kappa shape index (κ3) is 3.29. The number of nitrogens with zero attached hydrogens (tertiary/aromatic N) is 2. The van der Waals surface area contributed by atoms with Gasteiger partial charge in [-0.05, 0) is 18.1 Å². The fourth-order valence-corrected chi connectivity index (χ4v) is 2.34. The molecule has 0 saturated carbocycles. The van der Waals surface area contributed by atoms with Crippen molar-refractivity contribution in [3.05, 3.63) is 35.0 Å². The molecule has 2 rings (SSSR count). The first-order chi connectivity index (χ1) is 9.10. The zero-order chi connectivity index (χ0) is 13.8. The van der Waals surface area contributed by atoms with Gasteiger partial charge in [0.15, 0.2) is 5.13 Å². The Morgan fingerprint density at radius 2 is 2.11 bits per heavy atom.